The van der Waals surface area contributed by atoms with Crippen LogP contribution in [0.5, 0.6) is 0 Å². The molecule has 3 N–H and O–H groups in total. The molecule has 2 heterocycles. The van der Waals surface area contributed by atoms with Gasteiger partial charge in [-0.2, -0.15) is 0 Å². The Morgan fingerprint density at radius 1 is 1.28 bits per heavy atom. The molecule has 1 saturated heterocycles. The molecule has 0 saturated carbocycles. The molecule has 0 aliphatic carbocycles. The summed E-state index contributed by atoms with van der Waals surface area (Å²) in [5.41, 5.74) is 8.51. The molecule has 0 radical (unpaired) electrons. The van der Waals surface area contributed by atoms with Crippen molar-refractivity contribution in [2.24, 2.45) is 5.73 Å². The lowest BCUT2D eigenvalue weighted by Crippen LogP contribution is -2.43. The van der Waals surface area contributed by atoms with Gasteiger partial charge in [0.15, 0.2) is 0 Å². The first-order valence-electron chi connectivity index (χ1n) is 6.87. The predicted molar refractivity (Wildman–Crippen MR) is 75.4 cm³/mol. The van der Waals surface area contributed by atoms with E-state index in [1.807, 2.05) is 0 Å². The highest BCUT2D eigenvalue weighted by molar-refractivity contribution is 5.82. The van der Waals surface area contributed by atoms with Crippen molar-refractivity contribution >= 4 is 10.9 Å². The summed E-state index contributed by atoms with van der Waals surface area (Å²) in [5, 5.41) is 1.35. The molecule has 3 rings (SSSR count). The number of aromatic nitrogens is 1. The third-order valence-corrected chi connectivity index (χ3v) is 4.07. The second-order valence-electron chi connectivity index (χ2n) is 5.22. The van der Waals surface area contributed by atoms with Crippen LogP contribution >= 0.6 is 0 Å². The third-order valence-electron chi connectivity index (χ3n) is 4.07. The minimum atomic E-state index is 0.562. The van der Waals surface area contributed by atoms with E-state index in [9.17, 15) is 0 Å². The minimum absolute atomic E-state index is 0.562. The number of rotatable bonds is 3. The molecule has 0 bridgehead atoms. The SMILES string of the molecule is NCC1CCCCN1Cc1c[nH]c2ccccc12. The summed E-state index contributed by atoms with van der Waals surface area (Å²) in [7, 11) is 0. The van der Waals surface area contributed by atoms with Crippen molar-refractivity contribution in [2.75, 3.05) is 13.1 Å². The first-order valence-corrected chi connectivity index (χ1v) is 6.87. The molecule has 1 atom stereocenters. The lowest BCUT2D eigenvalue weighted by molar-refractivity contribution is 0.145. The fourth-order valence-corrected chi connectivity index (χ4v) is 3.02. The average Bonchev–Trinajstić information content (AvgIpc) is 2.83. The molecule has 0 amide bonds. The van der Waals surface area contributed by atoms with Gasteiger partial charge in [0.25, 0.3) is 0 Å². The van der Waals surface area contributed by atoms with Crippen LogP contribution in [0.25, 0.3) is 10.9 Å². The zero-order valence-corrected chi connectivity index (χ0v) is 10.7. The fraction of sp³-hybridized carbons (Fsp3) is 0.467. The van der Waals surface area contributed by atoms with Crippen molar-refractivity contribution in [1.29, 1.82) is 0 Å². The Morgan fingerprint density at radius 3 is 3.06 bits per heavy atom. The Balaban J connectivity index is 1.82. The van der Waals surface area contributed by atoms with Crippen molar-refractivity contribution in [3.05, 3.63) is 36.0 Å². The van der Waals surface area contributed by atoms with E-state index in [-0.39, 0.29) is 0 Å². The van der Waals surface area contributed by atoms with Gasteiger partial charge in [0, 0.05) is 36.2 Å². The summed E-state index contributed by atoms with van der Waals surface area (Å²) in [6, 6.07) is 9.08. The van der Waals surface area contributed by atoms with E-state index in [1.165, 1.54) is 42.3 Å². The standard InChI is InChI=1S/C15H21N3/c16-9-13-5-3-4-8-18(13)11-12-10-17-15-7-2-1-6-14(12)15/h1-2,6-7,10,13,17H,3-5,8-9,11,16H2. The van der Waals surface area contributed by atoms with E-state index in [2.05, 4.69) is 40.3 Å². The number of hydrogen-bond donors (Lipinski definition) is 2. The van der Waals surface area contributed by atoms with Crippen LogP contribution < -0.4 is 5.73 Å². The lowest BCUT2D eigenvalue weighted by Gasteiger charge is -2.34. The quantitative estimate of drug-likeness (QED) is 0.870. The van der Waals surface area contributed by atoms with Gasteiger partial charge in [0.1, 0.15) is 0 Å². The number of nitrogens with one attached hydrogen (secondary N) is 1. The number of fused-ring (bicyclic) bond motifs is 1. The van der Waals surface area contributed by atoms with E-state index in [0.717, 1.165) is 13.1 Å². The highest BCUT2D eigenvalue weighted by atomic mass is 15.2. The predicted octanol–water partition coefficient (Wildman–Crippen LogP) is 2.48. The molecule has 96 valence electrons. The molecule has 3 heteroatoms. The molecule has 2 aromatic rings. The maximum Gasteiger partial charge on any atom is 0.0457 e. The molecule has 1 unspecified atom stereocenters. The number of para-hydroxylation sites is 1. The zero-order chi connectivity index (χ0) is 12.4. The largest absolute Gasteiger partial charge is 0.361 e. The van der Waals surface area contributed by atoms with Crippen LogP contribution in [0.2, 0.25) is 0 Å². The number of piperidine rings is 1. The zero-order valence-electron chi connectivity index (χ0n) is 10.7. The normalized spacial score (nSPS) is 21.5. The van der Waals surface area contributed by atoms with Crippen LogP contribution in [0.3, 0.4) is 0 Å². The van der Waals surface area contributed by atoms with Crippen molar-refractivity contribution in [1.82, 2.24) is 9.88 Å². The highest BCUT2D eigenvalue weighted by Crippen LogP contribution is 2.23. The van der Waals surface area contributed by atoms with Crippen LogP contribution in [-0.4, -0.2) is 29.0 Å². The molecule has 3 nitrogen and oxygen atoms in total. The number of nitrogens with two attached hydrogens (primary N) is 1. The molecular formula is C15H21N3. The molecule has 1 aliphatic heterocycles. The van der Waals surface area contributed by atoms with E-state index >= 15 is 0 Å². The number of likely N-dealkylation sites (tertiary alicyclic amines) is 1. The fourth-order valence-electron chi connectivity index (χ4n) is 3.02. The number of hydrogen-bond acceptors (Lipinski definition) is 2. The van der Waals surface area contributed by atoms with Crippen molar-refractivity contribution < 1.29 is 0 Å². The van der Waals surface area contributed by atoms with Gasteiger partial charge >= 0.3 is 0 Å². The van der Waals surface area contributed by atoms with Crippen LogP contribution in [0, 0.1) is 0 Å². The Kier molecular flexibility index (Phi) is 3.35. The van der Waals surface area contributed by atoms with Gasteiger partial charge < -0.3 is 10.7 Å². The van der Waals surface area contributed by atoms with Crippen molar-refractivity contribution in [3.63, 3.8) is 0 Å². The third kappa shape index (κ3) is 2.16. The summed E-state index contributed by atoms with van der Waals surface area (Å²) >= 11 is 0. The van der Waals surface area contributed by atoms with Gasteiger partial charge in [-0.25, -0.2) is 0 Å². The summed E-state index contributed by atoms with van der Waals surface area (Å²) in [6.07, 6.45) is 6.02. The van der Waals surface area contributed by atoms with Gasteiger partial charge in [0.2, 0.25) is 0 Å². The number of benzene rings is 1. The van der Waals surface area contributed by atoms with Gasteiger partial charge in [-0.05, 0) is 31.0 Å². The Hall–Kier alpha value is -1.32. The van der Waals surface area contributed by atoms with Gasteiger partial charge in [-0.15, -0.1) is 0 Å². The summed E-state index contributed by atoms with van der Waals surface area (Å²) < 4.78 is 0. The van der Waals surface area contributed by atoms with Gasteiger partial charge in [-0.3, -0.25) is 4.90 Å². The first kappa shape index (κ1) is 11.8. The molecule has 0 spiro atoms. The van der Waals surface area contributed by atoms with Crippen LogP contribution in [-0.2, 0) is 6.54 Å². The van der Waals surface area contributed by atoms with Crippen LogP contribution in [0.15, 0.2) is 30.5 Å². The second kappa shape index (κ2) is 5.12. The summed E-state index contributed by atoms with van der Waals surface area (Å²) in [6.45, 7) is 2.98. The monoisotopic (exact) mass is 243 g/mol. The topological polar surface area (TPSA) is 45.0 Å². The lowest BCUT2D eigenvalue weighted by atomic mass is 10.0. The maximum absolute atomic E-state index is 5.89. The van der Waals surface area contributed by atoms with Gasteiger partial charge in [0.05, 0.1) is 0 Å². The molecule has 1 fully saturated rings. The smallest absolute Gasteiger partial charge is 0.0457 e. The number of nitrogens with zero attached hydrogens (tertiary/aromatic N) is 1. The first-order chi connectivity index (χ1) is 8.88. The van der Waals surface area contributed by atoms with E-state index in [4.69, 9.17) is 5.73 Å². The minimum Gasteiger partial charge on any atom is -0.361 e. The van der Waals surface area contributed by atoms with Crippen molar-refractivity contribution in [3.8, 4) is 0 Å². The Morgan fingerprint density at radius 2 is 2.17 bits per heavy atom. The molecule has 1 aromatic heterocycles. The van der Waals surface area contributed by atoms with Crippen LogP contribution in [0.1, 0.15) is 24.8 Å². The van der Waals surface area contributed by atoms with Crippen LogP contribution in [0.4, 0.5) is 0 Å². The van der Waals surface area contributed by atoms with E-state index in [0.29, 0.717) is 6.04 Å². The van der Waals surface area contributed by atoms with E-state index < -0.39 is 0 Å². The van der Waals surface area contributed by atoms with Crippen molar-refractivity contribution in [2.45, 2.75) is 31.8 Å². The average molecular weight is 243 g/mol. The second-order valence-corrected chi connectivity index (χ2v) is 5.22. The summed E-state index contributed by atoms with van der Waals surface area (Å²) in [5.74, 6) is 0. The Bertz CT molecular complexity index is 517. The van der Waals surface area contributed by atoms with Gasteiger partial charge in [-0.1, -0.05) is 24.6 Å². The van der Waals surface area contributed by atoms with E-state index in [1.54, 1.807) is 0 Å². The molecule has 1 aliphatic rings. The molecule has 1 aromatic carbocycles. The Labute approximate surface area is 108 Å². The summed E-state index contributed by atoms with van der Waals surface area (Å²) in [4.78, 5) is 5.89. The number of H-pyrrole nitrogens is 1. The highest BCUT2D eigenvalue weighted by Gasteiger charge is 2.21. The maximum atomic E-state index is 5.89. The molecule has 18 heavy (non-hydrogen) atoms. The molecular weight excluding hydrogens is 222 g/mol. The number of aromatic amines is 1.